The van der Waals surface area contributed by atoms with E-state index >= 15 is 0 Å². The van der Waals surface area contributed by atoms with Crippen molar-refractivity contribution in [3.8, 4) is 0 Å². The molecule has 2 fully saturated rings. The second-order valence-corrected chi connectivity index (χ2v) is 8.81. The van der Waals surface area contributed by atoms with E-state index in [2.05, 4.69) is 34.9 Å². The normalized spacial score (nSPS) is 20.7. The Hall–Kier alpha value is -1.50. The van der Waals surface area contributed by atoms with Gasteiger partial charge in [-0.1, -0.05) is 19.1 Å². The van der Waals surface area contributed by atoms with Crippen molar-refractivity contribution in [1.29, 1.82) is 0 Å². The fraction of sp³-hybridized carbons (Fsp3) is 0.600. The molecular formula is C20H28N4OS. The number of benzene rings is 1. The number of amides is 1. The third-order valence-corrected chi connectivity index (χ3v) is 6.68. The molecule has 2 aromatic rings. The Bertz CT molecular complexity index is 712. The molecular weight excluding hydrogens is 344 g/mol. The second-order valence-electron chi connectivity index (χ2n) is 7.69. The maximum absolute atomic E-state index is 12.6. The molecule has 1 amide bonds. The van der Waals surface area contributed by atoms with Crippen molar-refractivity contribution < 1.29 is 4.79 Å². The maximum atomic E-state index is 12.6. The van der Waals surface area contributed by atoms with E-state index in [4.69, 9.17) is 4.98 Å². The van der Waals surface area contributed by atoms with E-state index in [1.54, 1.807) is 11.3 Å². The number of piperidine rings is 1. The van der Waals surface area contributed by atoms with Crippen LogP contribution in [0.3, 0.4) is 0 Å². The monoisotopic (exact) mass is 372 g/mol. The molecule has 1 aromatic heterocycles. The number of rotatable bonds is 4. The van der Waals surface area contributed by atoms with Gasteiger partial charge in [-0.15, -0.1) is 11.3 Å². The zero-order valence-corrected chi connectivity index (χ0v) is 16.4. The Labute approximate surface area is 159 Å². The minimum atomic E-state index is 0.305. The lowest BCUT2D eigenvalue weighted by Gasteiger charge is -2.36. The number of hydrogen-bond acceptors (Lipinski definition) is 5. The first-order valence-electron chi connectivity index (χ1n) is 9.74. The quantitative estimate of drug-likeness (QED) is 0.827. The van der Waals surface area contributed by atoms with Gasteiger partial charge >= 0.3 is 0 Å². The van der Waals surface area contributed by atoms with Crippen molar-refractivity contribution in [3.05, 3.63) is 29.3 Å². The van der Waals surface area contributed by atoms with E-state index in [0.717, 1.165) is 57.2 Å². The summed E-state index contributed by atoms with van der Waals surface area (Å²) in [5.41, 5.74) is 1.09. The lowest BCUT2D eigenvalue weighted by Crippen LogP contribution is -2.51. The predicted octanol–water partition coefficient (Wildman–Crippen LogP) is 2.67. The summed E-state index contributed by atoms with van der Waals surface area (Å²) in [7, 11) is 0. The van der Waals surface area contributed by atoms with Gasteiger partial charge in [0.2, 0.25) is 5.91 Å². The highest BCUT2D eigenvalue weighted by Crippen LogP contribution is 2.23. The molecule has 0 bridgehead atoms. The van der Waals surface area contributed by atoms with Gasteiger partial charge in [-0.05, 0) is 44.0 Å². The van der Waals surface area contributed by atoms with Crippen molar-refractivity contribution in [2.75, 3.05) is 45.8 Å². The summed E-state index contributed by atoms with van der Waals surface area (Å²) < 4.78 is 1.26. The molecule has 0 spiro atoms. The van der Waals surface area contributed by atoms with Crippen LogP contribution >= 0.6 is 11.3 Å². The Morgan fingerprint density at radius 3 is 2.54 bits per heavy atom. The molecule has 0 saturated carbocycles. The molecule has 140 valence electrons. The molecule has 2 aliphatic rings. The largest absolute Gasteiger partial charge is 0.339 e. The van der Waals surface area contributed by atoms with Crippen molar-refractivity contribution in [2.24, 2.45) is 5.92 Å². The van der Waals surface area contributed by atoms with Crippen molar-refractivity contribution in [3.63, 3.8) is 0 Å². The lowest BCUT2D eigenvalue weighted by atomic mass is 9.99. The number of nitrogens with zero attached hydrogens (tertiary/aromatic N) is 4. The summed E-state index contributed by atoms with van der Waals surface area (Å²) in [5, 5.41) is 1.17. The fourth-order valence-electron chi connectivity index (χ4n) is 3.85. The van der Waals surface area contributed by atoms with Crippen LogP contribution in [0.1, 0.15) is 24.8 Å². The van der Waals surface area contributed by atoms with Crippen molar-refractivity contribution in [1.82, 2.24) is 19.7 Å². The number of para-hydroxylation sites is 1. The van der Waals surface area contributed by atoms with Crippen LogP contribution in [0.15, 0.2) is 24.3 Å². The van der Waals surface area contributed by atoms with Crippen LogP contribution in [-0.4, -0.2) is 71.4 Å². The highest BCUT2D eigenvalue weighted by molar-refractivity contribution is 7.18. The van der Waals surface area contributed by atoms with Crippen molar-refractivity contribution >= 4 is 27.5 Å². The van der Waals surface area contributed by atoms with Gasteiger partial charge in [0.25, 0.3) is 0 Å². The molecule has 0 unspecified atom stereocenters. The highest BCUT2D eigenvalue weighted by atomic mass is 32.1. The van der Waals surface area contributed by atoms with Gasteiger partial charge in [0.15, 0.2) is 0 Å². The molecule has 0 N–H and O–H groups in total. The number of piperazine rings is 1. The molecule has 6 heteroatoms. The average molecular weight is 373 g/mol. The number of thiazole rings is 1. The minimum absolute atomic E-state index is 0.305. The van der Waals surface area contributed by atoms with Gasteiger partial charge in [0.05, 0.1) is 23.3 Å². The fourth-order valence-corrected chi connectivity index (χ4v) is 4.86. The Morgan fingerprint density at radius 1 is 1.08 bits per heavy atom. The lowest BCUT2D eigenvalue weighted by molar-refractivity contribution is -0.134. The Balaban J connectivity index is 1.25. The van der Waals surface area contributed by atoms with Crippen molar-refractivity contribution in [2.45, 2.75) is 26.3 Å². The molecule has 3 heterocycles. The van der Waals surface area contributed by atoms with Gasteiger partial charge < -0.3 is 4.90 Å². The van der Waals surface area contributed by atoms with Crippen LogP contribution in [0.5, 0.6) is 0 Å². The molecule has 2 saturated heterocycles. The van der Waals surface area contributed by atoms with E-state index < -0.39 is 0 Å². The summed E-state index contributed by atoms with van der Waals surface area (Å²) in [6, 6.07) is 8.32. The number of hydrogen-bond donors (Lipinski definition) is 0. The molecule has 2 aliphatic heterocycles. The van der Waals surface area contributed by atoms with Crippen LogP contribution in [0.4, 0.5) is 0 Å². The van der Waals surface area contributed by atoms with E-state index in [1.807, 2.05) is 11.0 Å². The number of likely N-dealkylation sites (tertiary alicyclic amines) is 1. The third kappa shape index (κ3) is 4.24. The summed E-state index contributed by atoms with van der Waals surface area (Å²) in [4.78, 5) is 24.1. The smallest absolute Gasteiger partial charge is 0.236 e. The average Bonchev–Trinajstić information content (AvgIpc) is 3.06. The maximum Gasteiger partial charge on any atom is 0.236 e. The second kappa shape index (κ2) is 8.03. The van der Waals surface area contributed by atoms with Crippen LogP contribution in [0.25, 0.3) is 10.2 Å². The highest BCUT2D eigenvalue weighted by Gasteiger charge is 2.24. The Kier molecular flexibility index (Phi) is 5.52. The van der Waals surface area contributed by atoms with E-state index in [9.17, 15) is 4.79 Å². The summed E-state index contributed by atoms with van der Waals surface area (Å²) in [6.07, 6.45) is 2.45. The molecule has 0 radical (unpaired) electrons. The van der Waals surface area contributed by atoms with Crippen LogP contribution in [0, 0.1) is 5.92 Å². The first-order chi connectivity index (χ1) is 12.7. The number of fused-ring (bicyclic) bond motifs is 1. The molecule has 4 rings (SSSR count). The van der Waals surface area contributed by atoms with Gasteiger partial charge in [0.1, 0.15) is 5.01 Å². The molecule has 26 heavy (non-hydrogen) atoms. The number of aromatic nitrogens is 1. The zero-order chi connectivity index (χ0) is 17.9. The summed E-state index contributed by atoms with van der Waals surface area (Å²) in [5.74, 6) is 1.12. The summed E-state index contributed by atoms with van der Waals surface area (Å²) >= 11 is 1.78. The van der Waals surface area contributed by atoms with Gasteiger partial charge in [-0.3, -0.25) is 14.6 Å². The number of carbonyl (C=O) groups excluding carboxylic acids is 1. The molecule has 0 atom stereocenters. The number of carbonyl (C=O) groups is 1. The minimum Gasteiger partial charge on any atom is -0.339 e. The van der Waals surface area contributed by atoms with E-state index in [0.29, 0.717) is 12.5 Å². The van der Waals surface area contributed by atoms with Gasteiger partial charge in [-0.25, -0.2) is 4.98 Å². The van der Waals surface area contributed by atoms with Crippen LogP contribution < -0.4 is 0 Å². The van der Waals surface area contributed by atoms with Gasteiger partial charge in [-0.2, -0.15) is 0 Å². The molecule has 0 aliphatic carbocycles. The summed E-state index contributed by atoms with van der Waals surface area (Å²) in [6.45, 7) is 9.52. The Morgan fingerprint density at radius 2 is 1.81 bits per heavy atom. The van der Waals surface area contributed by atoms with E-state index in [-0.39, 0.29) is 0 Å². The SMILES string of the molecule is CC1CCN(CC(=O)N2CCN(Cc3nc4ccccc4s3)CC2)CC1. The topological polar surface area (TPSA) is 39.7 Å². The predicted molar refractivity (Wildman–Crippen MR) is 106 cm³/mol. The van der Waals surface area contributed by atoms with Gasteiger partial charge in [0, 0.05) is 26.2 Å². The third-order valence-electron chi connectivity index (χ3n) is 5.66. The first-order valence-corrected chi connectivity index (χ1v) is 10.6. The van der Waals surface area contributed by atoms with Crippen LogP contribution in [0.2, 0.25) is 0 Å². The standard InChI is InChI=1S/C20H28N4OS/c1-16-6-8-22(9-7-16)15-20(25)24-12-10-23(11-13-24)14-19-21-17-4-2-3-5-18(17)26-19/h2-5,16H,6-15H2,1H3. The molecule has 1 aromatic carbocycles. The van der Waals surface area contributed by atoms with E-state index in [1.165, 1.54) is 22.5 Å². The zero-order valence-electron chi connectivity index (χ0n) is 15.6. The first kappa shape index (κ1) is 17.9. The molecule has 5 nitrogen and oxygen atoms in total. The van der Waals surface area contributed by atoms with Crippen LogP contribution in [-0.2, 0) is 11.3 Å².